The minimum atomic E-state index is -4.66. The van der Waals surface area contributed by atoms with Crippen LogP contribution in [0, 0.1) is 0 Å². The maximum Gasteiger partial charge on any atom is 0.573 e. The summed E-state index contributed by atoms with van der Waals surface area (Å²) in [6.45, 7) is 0.978. The fraction of sp³-hybridized carbons (Fsp3) is 0.571. The van der Waals surface area contributed by atoms with Gasteiger partial charge >= 0.3 is 6.36 Å². The van der Waals surface area contributed by atoms with Gasteiger partial charge in [-0.15, -0.1) is 13.2 Å². The largest absolute Gasteiger partial charge is 0.573 e. The Hall–Kier alpha value is -0.920. The Labute approximate surface area is 126 Å². The van der Waals surface area contributed by atoms with E-state index in [9.17, 15) is 13.2 Å². The Balaban J connectivity index is 2.19. The monoisotopic (exact) mass is 320 g/mol. The van der Waals surface area contributed by atoms with Crippen molar-refractivity contribution in [1.82, 2.24) is 10.2 Å². The van der Waals surface area contributed by atoms with Gasteiger partial charge in [-0.05, 0) is 31.8 Å². The van der Waals surface area contributed by atoms with Crippen molar-refractivity contribution in [2.24, 2.45) is 0 Å². The molecule has 1 heterocycles. The molecule has 0 radical (unpaired) electrons. The lowest BCUT2D eigenvalue weighted by molar-refractivity contribution is -0.274. The first kappa shape index (κ1) is 16.5. The number of rotatable bonds is 4. The molecule has 1 aromatic carbocycles. The summed E-state index contributed by atoms with van der Waals surface area (Å²) in [5, 5.41) is 3.22. The molecule has 0 bridgehead atoms. The second-order valence-corrected chi connectivity index (χ2v) is 6.16. The zero-order valence-corrected chi connectivity index (χ0v) is 12.8. The van der Waals surface area contributed by atoms with Crippen LogP contribution >= 0.6 is 11.8 Å². The summed E-state index contributed by atoms with van der Waals surface area (Å²) in [5.74, 6) is 1.86. The molecule has 118 valence electrons. The average Bonchev–Trinajstić information content (AvgIpc) is 2.40. The number of thioether (sulfide) groups is 1. The first-order chi connectivity index (χ1) is 9.90. The number of likely N-dealkylation sites (N-methyl/N-ethyl adjacent to an activating group) is 2. The Morgan fingerprint density at radius 2 is 2.19 bits per heavy atom. The molecule has 3 nitrogen and oxygen atoms in total. The van der Waals surface area contributed by atoms with Crippen molar-refractivity contribution in [3.63, 3.8) is 0 Å². The summed E-state index contributed by atoms with van der Waals surface area (Å²) >= 11 is 1.87. The smallest absolute Gasteiger partial charge is 0.406 e. The molecular formula is C14H19F3N2OS. The maximum absolute atomic E-state index is 12.3. The summed E-state index contributed by atoms with van der Waals surface area (Å²) in [7, 11) is 3.87. The fourth-order valence-corrected chi connectivity index (χ4v) is 3.81. The quantitative estimate of drug-likeness (QED) is 0.922. The lowest BCUT2D eigenvalue weighted by Crippen LogP contribution is -2.47. The summed E-state index contributed by atoms with van der Waals surface area (Å²) in [4.78, 5) is 2.24. The predicted octanol–water partition coefficient (Wildman–Crippen LogP) is 2.89. The highest BCUT2D eigenvalue weighted by atomic mass is 32.2. The molecular weight excluding hydrogens is 301 g/mol. The van der Waals surface area contributed by atoms with Gasteiger partial charge < -0.3 is 10.1 Å². The van der Waals surface area contributed by atoms with E-state index >= 15 is 0 Å². The van der Waals surface area contributed by atoms with Crippen molar-refractivity contribution in [2.45, 2.75) is 18.4 Å². The van der Waals surface area contributed by atoms with Crippen LogP contribution in [0.1, 0.15) is 11.6 Å². The van der Waals surface area contributed by atoms with E-state index in [0.717, 1.165) is 23.6 Å². The standard InChI is InChI=1S/C14H19F3N2OS/c1-18-13(12-9-21-7-6-19(12)2)10-4-3-5-11(8-10)20-14(15,16)17/h3-5,8,12-13,18H,6-7,9H2,1-2H3. The molecule has 1 aliphatic rings. The van der Waals surface area contributed by atoms with Crippen molar-refractivity contribution in [1.29, 1.82) is 0 Å². The Kier molecular flexibility index (Phi) is 5.40. The first-order valence-electron chi connectivity index (χ1n) is 6.71. The molecule has 0 spiro atoms. The van der Waals surface area contributed by atoms with Crippen molar-refractivity contribution in [2.75, 3.05) is 32.1 Å². The summed E-state index contributed by atoms with van der Waals surface area (Å²) in [5.41, 5.74) is 0.804. The zero-order valence-electron chi connectivity index (χ0n) is 12.0. The second kappa shape index (κ2) is 6.89. The van der Waals surface area contributed by atoms with E-state index in [1.807, 2.05) is 31.9 Å². The van der Waals surface area contributed by atoms with Crippen LogP contribution in [0.25, 0.3) is 0 Å². The topological polar surface area (TPSA) is 24.5 Å². The summed E-state index contributed by atoms with van der Waals surface area (Å²) in [6, 6.07) is 6.42. The van der Waals surface area contributed by atoms with Crippen LogP contribution in [0.3, 0.4) is 0 Å². The van der Waals surface area contributed by atoms with Gasteiger partial charge in [0.05, 0.1) is 0 Å². The molecule has 7 heteroatoms. The van der Waals surface area contributed by atoms with E-state index in [0.29, 0.717) is 0 Å². The third-order valence-corrected chi connectivity index (χ3v) is 4.64. The van der Waals surface area contributed by atoms with Gasteiger partial charge in [-0.1, -0.05) is 12.1 Å². The van der Waals surface area contributed by atoms with Gasteiger partial charge in [0.15, 0.2) is 0 Å². The first-order valence-corrected chi connectivity index (χ1v) is 7.87. The van der Waals surface area contributed by atoms with Gasteiger partial charge in [-0.25, -0.2) is 0 Å². The third-order valence-electron chi connectivity index (χ3n) is 3.59. The third kappa shape index (κ3) is 4.52. The Morgan fingerprint density at radius 1 is 1.43 bits per heavy atom. The van der Waals surface area contributed by atoms with Crippen molar-refractivity contribution in [3.05, 3.63) is 29.8 Å². The van der Waals surface area contributed by atoms with E-state index in [1.54, 1.807) is 6.07 Å². The molecule has 2 rings (SSSR count). The highest BCUT2D eigenvalue weighted by Crippen LogP contribution is 2.30. The van der Waals surface area contributed by atoms with Crippen LogP contribution < -0.4 is 10.1 Å². The van der Waals surface area contributed by atoms with Crippen LogP contribution in [0.2, 0.25) is 0 Å². The van der Waals surface area contributed by atoms with Crippen LogP contribution in [0.5, 0.6) is 5.75 Å². The molecule has 2 atom stereocenters. The molecule has 21 heavy (non-hydrogen) atoms. The average molecular weight is 320 g/mol. The SMILES string of the molecule is CNC(c1cccc(OC(F)(F)F)c1)C1CSCCN1C. The summed E-state index contributed by atoms with van der Waals surface area (Å²) < 4.78 is 41.0. The molecule has 0 aliphatic carbocycles. The van der Waals surface area contributed by atoms with Gasteiger partial charge in [-0.3, -0.25) is 4.90 Å². The lowest BCUT2D eigenvalue weighted by atomic mass is 9.99. The number of nitrogens with zero attached hydrogens (tertiary/aromatic N) is 1. The normalized spacial score (nSPS) is 22.0. The number of ether oxygens (including phenoxy) is 1. The molecule has 1 N–H and O–H groups in total. The predicted molar refractivity (Wildman–Crippen MR) is 78.7 cm³/mol. The van der Waals surface area contributed by atoms with Crippen LogP contribution in [-0.2, 0) is 0 Å². The fourth-order valence-electron chi connectivity index (χ4n) is 2.54. The number of hydrogen-bond donors (Lipinski definition) is 1. The minimum Gasteiger partial charge on any atom is -0.406 e. The molecule has 0 saturated carbocycles. The van der Waals surface area contributed by atoms with Crippen molar-refractivity contribution in [3.8, 4) is 5.75 Å². The minimum absolute atomic E-state index is 0.0282. The molecule has 1 aliphatic heterocycles. The van der Waals surface area contributed by atoms with Gasteiger partial charge in [0, 0.05) is 30.1 Å². The van der Waals surface area contributed by atoms with Crippen LogP contribution in [-0.4, -0.2) is 49.4 Å². The number of halogens is 3. The number of alkyl halides is 3. The van der Waals surface area contributed by atoms with E-state index in [4.69, 9.17) is 0 Å². The lowest BCUT2D eigenvalue weighted by Gasteiger charge is -2.38. The highest BCUT2D eigenvalue weighted by Gasteiger charge is 2.32. The van der Waals surface area contributed by atoms with Crippen LogP contribution in [0.4, 0.5) is 13.2 Å². The number of nitrogens with one attached hydrogen (secondary N) is 1. The molecule has 0 aromatic heterocycles. The molecule has 1 fully saturated rings. The highest BCUT2D eigenvalue weighted by molar-refractivity contribution is 7.99. The number of benzene rings is 1. The van der Waals surface area contributed by atoms with E-state index in [1.165, 1.54) is 12.1 Å². The molecule has 2 unspecified atom stereocenters. The maximum atomic E-state index is 12.3. The van der Waals surface area contributed by atoms with Crippen molar-refractivity contribution >= 4 is 11.8 Å². The van der Waals surface area contributed by atoms with E-state index in [-0.39, 0.29) is 17.8 Å². The van der Waals surface area contributed by atoms with E-state index < -0.39 is 6.36 Å². The Bertz CT molecular complexity index is 470. The Morgan fingerprint density at radius 3 is 2.81 bits per heavy atom. The van der Waals surface area contributed by atoms with Crippen LogP contribution in [0.15, 0.2) is 24.3 Å². The summed E-state index contributed by atoms with van der Waals surface area (Å²) in [6.07, 6.45) is -4.66. The zero-order chi connectivity index (χ0) is 15.5. The second-order valence-electron chi connectivity index (χ2n) is 5.01. The van der Waals surface area contributed by atoms with Gasteiger partial charge in [-0.2, -0.15) is 11.8 Å². The van der Waals surface area contributed by atoms with Gasteiger partial charge in [0.1, 0.15) is 5.75 Å². The van der Waals surface area contributed by atoms with Gasteiger partial charge in [0.2, 0.25) is 0 Å². The molecule has 1 aromatic rings. The van der Waals surface area contributed by atoms with Crippen molar-refractivity contribution < 1.29 is 17.9 Å². The van der Waals surface area contributed by atoms with E-state index in [2.05, 4.69) is 15.0 Å². The van der Waals surface area contributed by atoms with Gasteiger partial charge in [0.25, 0.3) is 0 Å². The number of hydrogen-bond acceptors (Lipinski definition) is 4. The molecule has 1 saturated heterocycles. The molecule has 0 amide bonds.